The highest BCUT2D eigenvalue weighted by Gasteiger charge is 2.15. The van der Waals surface area contributed by atoms with Crippen molar-refractivity contribution >= 4 is 40.5 Å². The summed E-state index contributed by atoms with van der Waals surface area (Å²) in [5.74, 6) is -1.36. The maximum atomic E-state index is 13.6. The van der Waals surface area contributed by atoms with E-state index in [9.17, 15) is 14.5 Å². The molecule has 1 heterocycles. The minimum atomic E-state index is -0.928. The van der Waals surface area contributed by atoms with Crippen molar-refractivity contribution in [2.24, 2.45) is 0 Å². The Kier molecular flexibility index (Phi) is 4.27. The molecule has 0 N–H and O–H groups in total. The van der Waals surface area contributed by atoms with Gasteiger partial charge in [0.1, 0.15) is 5.02 Å². The highest BCUT2D eigenvalue weighted by atomic mass is 35.5. The standard InChI is InChI=1S/C11H4Cl3FN2O3/c12-6-4-7(13)11(16-10(6)14)20-9-2-1-5(17(18)19)3-8(9)15/h1-4H. The Morgan fingerprint density at radius 2 is 1.90 bits per heavy atom. The quantitative estimate of drug-likeness (QED) is 0.455. The second kappa shape index (κ2) is 5.78. The van der Waals surface area contributed by atoms with Crippen LogP contribution in [0.5, 0.6) is 11.6 Å². The fourth-order valence-electron chi connectivity index (χ4n) is 1.29. The van der Waals surface area contributed by atoms with Crippen LogP contribution in [-0.2, 0) is 0 Å². The summed E-state index contributed by atoms with van der Waals surface area (Å²) >= 11 is 17.2. The molecule has 0 unspecified atom stereocenters. The Morgan fingerprint density at radius 3 is 2.50 bits per heavy atom. The topological polar surface area (TPSA) is 65.3 Å². The molecular weight excluding hydrogens is 333 g/mol. The molecule has 0 saturated carbocycles. The van der Waals surface area contributed by atoms with Gasteiger partial charge in [0.25, 0.3) is 5.69 Å². The number of aromatic nitrogens is 1. The molecule has 0 bridgehead atoms. The molecule has 1 aromatic carbocycles. The van der Waals surface area contributed by atoms with Crippen LogP contribution >= 0.6 is 34.8 Å². The number of nitro benzene ring substituents is 1. The van der Waals surface area contributed by atoms with Gasteiger partial charge in [0, 0.05) is 6.07 Å². The van der Waals surface area contributed by atoms with E-state index in [0.717, 1.165) is 18.2 Å². The van der Waals surface area contributed by atoms with Gasteiger partial charge in [0.15, 0.2) is 16.7 Å². The van der Waals surface area contributed by atoms with Crippen LogP contribution in [0.15, 0.2) is 24.3 Å². The lowest BCUT2D eigenvalue weighted by Gasteiger charge is -2.08. The summed E-state index contributed by atoms with van der Waals surface area (Å²) in [5.41, 5.74) is -0.400. The van der Waals surface area contributed by atoms with E-state index in [4.69, 9.17) is 39.5 Å². The van der Waals surface area contributed by atoms with Gasteiger partial charge < -0.3 is 4.74 Å². The van der Waals surface area contributed by atoms with Crippen molar-refractivity contribution in [2.75, 3.05) is 0 Å². The maximum absolute atomic E-state index is 13.6. The zero-order valence-electron chi connectivity index (χ0n) is 9.44. The van der Waals surface area contributed by atoms with Gasteiger partial charge >= 0.3 is 0 Å². The molecule has 5 nitrogen and oxygen atoms in total. The molecule has 0 fully saturated rings. The SMILES string of the molecule is O=[N+]([O-])c1ccc(Oc2nc(Cl)c(Cl)cc2Cl)c(F)c1. The van der Waals surface area contributed by atoms with Crippen molar-refractivity contribution in [1.29, 1.82) is 0 Å². The second-order valence-electron chi connectivity index (χ2n) is 3.52. The summed E-state index contributed by atoms with van der Waals surface area (Å²) in [6.07, 6.45) is 0. The average molecular weight is 338 g/mol. The first-order chi connectivity index (χ1) is 9.38. The van der Waals surface area contributed by atoms with E-state index in [1.54, 1.807) is 0 Å². The molecule has 0 aliphatic rings. The van der Waals surface area contributed by atoms with Crippen molar-refractivity contribution < 1.29 is 14.1 Å². The third-order valence-electron chi connectivity index (χ3n) is 2.19. The van der Waals surface area contributed by atoms with E-state index in [0.29, 0.717) is 0 Å². The van der Waals surface area contributed by atoms with E-state index in [-0.39, 0.29) is 26.8 Å². The van der Waals surface area contributed by atoms with Crippen LogP contribution in [-0.4, -0.2) is 9.91 Å². The van der Waals surface area contributed by atoms with E-state index in [1.807, 2.05) is 0 Å². The number of hydrogen-bond acceptors (Lipinski definition) is 4. The number of nitrogens with zero attached hydrogens (tertiary/aromatic N) is 2. The Bertz CT molecular complexity index is 697. The average Bonchev–Trinajstić information content (AvgIpc) is 2.37. The lowest BCUT2D eigenvalue weighted by atomic mass is 10.3. The molecule has 2 aromatic rings. The molecule has 0 aliphatic heterocycles. The number of non-ortho nitro benzene ring substituents is 1. The number of ether oxygens (including phenoxy) is 1. The normalized spacial score (nSPS) is 10.4. The van der Waals surface area contributed by atoms with Crippen LogP contribution in [0.25, 0.3) is 0 Å². The van der Waals surface area contributed by atoms with Gasteiger partial charge in [0.05, 0.1) is 16.0 Å². The molecule has 0 saturated heterocycles. The third-order valence-corrected chi connectivity index (χ3v) is 3.13. The lowest BCUT2D eigenvalue weighted by Crippen LogP contribution is -1.95. The number of rotatable bonds is 3. The Balaban J connectivity index is 2.35. The fraction of sp³-hybridized carbons (Fsp3) is 0. The number of benzene rings is 1. The van der Waals surface area contributed by atoms with Crippen LogP contribution in [0.1, 0.15) is 0 Å². The van der Waals surface area contributed by atoms with Gasteiger partial charge in [-0.2, -0.15) is 4.98 Å². The number of pyridine rings is 1. The summed E-state index contributed by atoms with van der Waals surface area (Å²) in [7, 11) is 0. The third kappa shape index (κ3) is 3.09. The van der Waals surface area contributed by atoms with Crippen molar-refractivity contribution in [3.05, 3.63) is 55.4 Å². The smallest absolute Gasteiger partial charge is 0.272 e. The van der Waals surface area contributed by atoms with Gasteiger partial charge in [-0.1, -0.05) is 34.8 Å². The van der Waals surface area contributed by atoms with Gasteiger partial charge in [-0.15, -0.1) is 0 Å². The number of hydrogen-bond donors (Lipinski definition) is 0. The highest BCUT2D eigenvalue weighted by Crippen LogP contribution is 2.34. The van der Waals surface area contributed by atoms with Crippen LogP contribution in [0.2, 0.25) is 15.2 Å². The van der Waals surface area contributed by atoms with E-state index >= 15 is 0 Å². The summed E-state index contributed by atoms with van der Waals surface area (Å²) in [4.78, 5) is 13.5. The molecule has 0 radical (unpaired) electrons. The second-order valence-corrected chi connectivity index (χ2v) is 4.69. The van der Waals surface area contributed by atoms with E-state index in [1.165, 1.54) is 6.07 Å². The molecule has 1 aromatic heterocycles. The number of nitro groups is 1. The molecule has 20 heavy (non-hydrogen) atoms. The molecule has 0 spiro atoms. The van der Waals surface area contributed by atoms with E-state index < -0.39 is 16.4 Å². The lowest BCUT2D eigenvalue weighted by molar-refractivity contribution is -0.385. The van der Waals surface area contributed by atoms with Crippen molar-refractivity contribution in [2.45, 2.75) is 0 Å². The molecule has 2 rings (SSSR count). The van der Waals surface area contributed by atoms with Gasteiger partial charge in [0.2, 0.25) is 5.88 Å². The van der Waals surface area contributed by atoms with Crippen LogP contribution in [0.3, 0.4) is 0 Å². The molecular formula is C11H4Cl3FN2O3. The summed E-state index contributed by atoms with van der Waals surface area (Å²) in [5, 5.41) is 10.6. The Hall–Kier alpha value is -1.63. The van der Waals surface area contributed by atoms with Crippen molar-refractivity contribution in [1.82, 2.24) is 4.98 Å². The first kappa shape index (κ1) is 14.8. The predicted molar refractivity (Wildman–Crippen MR) is 72.4 cm³/mol. The summed E-state index contributed by atoms with van der Waals surface area (Å²) in [6, 6.07) is 4.19. The summed E-state index contributed by atoms with van der Waals surface area (Å²) < 4.78 is 18.8. The molecule has 0 aliphatic carbocycles. The van der Waals surface area contributed by atoms with Crippen molar-refractivity contribution in [3.8, 4) is 11.6 Å². The first-order valence-electron chi connectivity index (χ1n) is 5.02. The van der Waals surface area contributed by atoms with Crippen molar-refractivity contribution in [3.63, 3.8) is 0 Å². The Morgan fingerprint density at radius 1 is 1.20 bits per heavy atom. The largest absolute Gasteiger partial charge is 0.434 e. The van der Waals surface area contributed by atoms with Crippen LogP contribution in [0, 0.1) is 15.9 Å². The van der Waals surface area contributed by atoms with Gasteiger partial charge in [-0.3, -0.25) is 10.1 Å². The predicted octanol–water partition coefficient (Wildman–Crippen LogP) is 4.88. The van der Waals surface area contributed by atoms with E-state index in [2.05, 4.69) is 4.98 Å². The minimum Gasteiger partial charge on any atom is -0.434 e. The molecule has 0 atom stereocenters. The highest BCUT2D eigenvalue weighted by molar-refractivity contribution is 6.42. The molecule has 9 heteroatoms. The van der Waals surface area contributed by atoms with Crippen LogP contribution < -0.4 is 4.74 Å². The zero-order chi connectivity index (χ0) is 14.9. The number of halogens is 4. The Labute approximate surface area is 127 Å². The van der Waals surface area contributed by atoms with Gasteiger partial charge in [-0.05, 0) is 12.1 Å². The molecule has 0 amide bonds. The molecule has 104 valence electrons. The fourth-order valence-corrected chi connectivity index (χ4v) is 1.82. The zero-order valence-corrected chi connectivity index (χ0v) is 11.7. The minimum absolute atomic E-state index is 0.0251. The summed E-state index contributed by atoms with van der Waals surface area (Å²) in [6.45, 7) is 0. The van der Waals surface area contributed by atoms with Crippen LogP contribution in [0.4, 0.5) is 10.1 Å². The maximum Gasteiger partial charge on any atom is 0.272 e. The first-order valence-corrected chi connectivity index (χ1v) is 6.15. The van der Waals surface area contributed by atoms with Gasteiger partial charge in [-0.25, -0.2) is 4.39 Å². The monoisotopic (exact) mass is 336 g/mol.